The molecule has 1 aromatic rings. The van der Waals surface area contributed by atoms with Gasteiger partial charge < -0.3 is 4.74 Å². The van der Waals surface area contributed by atoms with Crippen LogP contribution in [0.3, 0.4) is 0 Å². The molecule has 0 saturated carbocycles. The monoisotopic (exact) mass is 217 g/mol. The van der Waals surface area contributed by atoms with Gasteiger partial charge in [0.15, 0.2) is 0 Å². The van der Waals surface area contributed by atoms with Crippen LogP contribution in [0.15, 0.2) is 18.2 Å². The number of carbonyl (C=O) groups is 1. The zero-order valence-electron chi connectivity index (χ0n) is 9.62. The molecule has 0 heterocycles. The van der Waals surface area contributed by atoms with Gasteiger partial charge in [-0.25, -0.2) is 0 Å². The number of carbonyl (C=O) groups excluding carboxylic acids is 1. The predicted octanol–water partition coefficient (Wildman–Crippen LogP) is 2.17. The highest BCUT2D eigenvalue weighted by Crippen LogP contribution is 2.12. The fourth-order valence-corrected chi connectivity index (χ4v) is 1.63. The van der Waals surface area contributed by atoms with Crippen LogP contribution in [-0.4, -0.2) is 13.1 Å². The number of esters is 1. The van der Waals surface area contributed by atoms with Gasteiger partial charge >= 0.3 is 5.97 Å². The molecule has 0 aliphatic rings. The Kier molecular flexibility index (Phi) is 4.53. The molecule has 1 rings (SSSR count). The van der Waals surface area contributed by atoms with Gasteiger partial charge in [0.05, 0.1) is 19.6 Å². The lowest BCUT2D eigenvalue weighted by Crippen LogP contribution is -2.05. The maximum atomic E-state index is 11.1. The minimum atomic E-state index is -0.239. The first-order chi connectivity index (χ1) is 7.65. The Morgan fingerprint density at radius 1 is 1.38 bits per heavy atom. The summed E-state index contributed by atoms with van der Waals surface area (Å²) in [6.07, 6.45) is 1.52. The van der Waals surface area contributed by atoms with Gasteiger partial charge in [-0.05, 0) is 24.5 Å². The lowest BCUT2D eigenvalue weighted by Gasteiger charge is -2.05. The van der Waals surface area contributed by atoms with Crippen LogP contribution in [0.4, 0.5) is 0 Å². The van der Waals surface area contributed by atoms with Crippen molar-refractivity contribution < 1.29 is 9.53 Å². The van der Waals surface area contributed by atoms with Gasteiger partial charge in [0, 0.05) is 6.42 Å². The van der Waals surface area contributed by atoms with Crippen molar-refractivity contribution in [2.45, 2.75) is 26.2 Å². The molecule has 84 valence electrons. The number of rotatable bonds is 4. The number of nitriles is 1. The molecule has 0 bridgehead atoms. The standard InChI is InChI=1S/C13H15NO2/c1-10-6-11(4-3-5-14)8-12(7-10)9-13(15)16-2/h6-8H,3-4,9H2,1-2H3. The first-order valence-corrected chi connectivity index (χ1v) is 5.19. The van der Waals surface area contributed by atoms with Crippen molar-refractivity contribution in [2.24, 2.45) is 0 Å². The highest BCUT2D eigenvalue weighted by Gasteiger charge is 2.04. The summed E-state index contributed by atoms with van der Waals surface area (Å²) in [5.74, 6) is -0.239. The molecule has 16 heavy (non-hydrogen) atoms. The maximum Gasteiger partial charge on any atom is 0.309 e. The van der Waals surface area contributed by atoms with Crippen molar-refractivity contribution in [3.63, 3.8) is 0 Å². The van der Waals surface area contributed by atoms with E-state index in [2.05, 4.69) is 10.8 Å². The largest absolute Gasteiger partial charge is 0.469 e. The van der Waals surface area contributed by atoms with E-state index in [1.165, 1.54) is 7.11 Å². The number of hydrogen-bond acceptors (Lipinski definition) is 3. The number of methoxy groups -OCH3 is 1. The molecule has 0 spiro atoms. The van der Waals surface area contributed by atoms with Crippen molar-refractivity contribution in [1.82, 2.24) is 0 Å². The Bertz CT molecular complexity index is 418. The summed E-state index contributed by atoms with van der Waals surface area (Å²) >= 11 is 0. The van der Waals surface area contributed by atoms with E-state index in [0.717, 1.165) is 23.1 Å². The second kappa shape index (κ2) is 5.92. The second-order valence-electron chi connectivity index (χ2n) is 3.74. The average Bonchev–Trinajstić information content (AvgIpc) is 2.25. The molecule has 0 aliphatic carbocycles. The third kappa shape index (κ3) is 3.74. The van der Waals surface area contributed by atoms with Gasteiger partial charge in [-0.1, -0.05) is 23.8 Å². The third-order valence-electron chi connectivity index (χ3n) is 2.30. The summed E-state index contributed by atoms with van der Waals surface area (Å²) in [4.78, 5) is 11.1. The van der Waals surface area contributed by atoms with E-state index in [1.54, 1.807) is 0 Å². The first kappa shape index (κ1) is 12.3. The summed E-state index contributed by atoms with van der Waals surface area (Å²) in [6, 6.07) is 8.08. The molecular formula is C13H15NO2. The van der Waals surface area contributed by atoms with Gasteiger partial charge in [0.2, 0.25) is 0 Å². The van der Waals surface area contributed by atoms with Crippen LogP contribution >= 0.6 is 0 Å². The Morgan fingerprint density at radius 2 is 2.06 bits per heavy atom. The summed E-state index contributed by atoms with van der Waals surface area (Å²) in [5, 5.41) is 8.53. The van der Waals surface area contributed by atoms with Crippen molar-refractivity contribution in [2.75, 3.05) is 7.11 Å². The molecular weight excluding hydrogens is 202 g/mol. The number of benzene rings is 1. The molecule has 0 saturated heterocycles. The van der Waals surface area contributed by atoms with Gasteiger partial charge in [0.25, 0.3) is 0 Å². The average molecular weight is 217 g/mol. The molecule has 1 aromatic carbocycles. The van der Waals surface area contributed by atoms with Crippen molar-refractivity contribution in [3.8, 4) is 6.07 Å². The van der Waals surface area contributed by atoms with Crippen LogP contribution in [0.5, 0.6) is 0 Å². The summed E-state index contributed by atoms with van der Waals surface area (Å²) in [6.45, 7) is 1.98. The molecule has 0 N–H and O–H groups in total. The zero-order chi connectivity index (χ0) is 12.0. The van der Waals surface area contributed by atoms with Crippen LogP contribution in [0.25, 0.3) is 0 Å². The highest BCUT2D eigenvalue weighted by molar-refractivity contribution is 5.72. The molecule has 0 amide bonds. The lowest BCUT2D eigenvalue weighted by atomic mass is 10.0. The summed E-state index contributed by atoms with van der Waals surface area (Å²) in [7, 11) is 1.38. The summed E-state index contributed by atoms with van der Waals surface area (Å²) in [5.41, 5.74) is 3.15. The Hall–Kier alpha value is -1.82. The van der Waals surface area contributed by atoms with E-state index in [0.29, 0.717) is 6.42 Å². The van der Waals surface area contributed by atoms with E-state index in [9.17, 15) is 4.79 Å². The molecule has 0 atom stereocenters. The Labute approximate surface area is 95.7 Å². The molecule has 0 aromatic heterocycles. The fraction of sp³-hybridized carbons (Fsp3) is 0.385. The van der Waals surface area contributed by atoms with Crippen LogP contribution in [0.2, 0.25) is 0 Å². The smallest absolute Gasteiger partial charge is 0.309 e. The van der Waals surface area contributed by atoms with E-state index in [1.807, 2.05) is 25.1 Å². The third-order valence-corrected chi connectivity index (χ3v) is 2.30. The van der Waals surface area contributed by atoms with Crippen molar-refractivity contribution in [3.05, 3.63) is 34.9 Å². The van der Waals surface area contributed by atoms with Crippen LogP contribution in [0.1, 0.15) is 23.1 Å². The van der Waals surface area contributed by atoms with E-state index in [4.69, 9.17) is 5.26 Å². The van der Waals surface area contributed by atoms with Gasteiger partial charge in [-0.15, -0.1) is 0 Å². The van der Waals surface area contributed by atoms with Crippen LogP contribution in [-0.2, 0) is 22.4 Å². The number of hydrogen-bond donors (Lipinski definition) is 0. The first-order valence-electron chi connectivity index (χ1n) is 5.19. The molecule has 0 radical (unpaired) electrons. The van der Waals surface area contributed by atoms with Gasteiger partial charge in [-0.3, -0.25) is 4.79 Å². The predicted molar refractivity (Wildman–Crippen MR) is 60.8 cm³/mol. The lowest BCUT2D eigenvalue weighted by molar-refractivity contribution is -0.139. The molecule has 3 nitrogen and oxygen atoms in total. The second-order valence-corrected chi connectivity index (χ2v) is 3.74. The Morgan fingerprint density at radius 3 is 2.69 bits per heavy atom. The summed E-state index contributed by atoms with van der Waals surface area (Å²) < 4.78 is 4.62. The van der Waals surface area contributed by atoms with Crippen LogP contribution < -0.4 is 0 Å². The minimum Gasteiger partial charge on any atom is -0.469 e. The van der Waals surface area contributed by atoms with E-state index in [-0.39, 0.29) is 12.4 Å². The zero-order valence-corrected chi connectivity index (χ0v) is 9.62. The van der Waals surface area contributed by atoms with E-state index >= 15 is 0 Å². The molecule has 0 fully saturated rings. The molecule has 3 heteroatoms. The molecule has 0 unspecified atom stereocenters. The van der Waals surface area contributed by atoms with Crippen LogP contribution in [0, 0.1) is 18.3 Å². The van der Waals surface area contributed by atoms with Gasteiger partial charge in [0.1, 0.15) is 0 Å². The van der Waals surface area contributed by atoms with Crippen molar-refractivity contribution >= 4 is 5.97 Å². The minimum absolute atomic E-state index is 0.239. The highest BCUT2D eigenvalue weighted by atomic mass is 16.5. The fourth-order valence-electron chi connectivity index (χ4n) is 1.63. The number of nitrogens with zero attached hydrogens (tertiary/aromatic N) is 1. The number of ether oxygens (including phenoxy) is 1. The quantitative estimate of drug-likeness (QED) is 0.726. The van der Waals surface area contributed by atoms with E-state index < -0.39 is 0 Å². The maximum absolute atomic E-state index is 11.1. The van der Waals surface area contributed by atoms with Crippen molar-refractivity contribution in [1.29, 1.82) is 5.26 Å². The Balaban J connectivity index is 2.81. The molecule has 0 aliphatic heterocycles. The SMILES string of the molecule is COC(=O)Cc1cc(C)cc(CCC#N)c1. The van der Waals surface area contributed by atoms with Gasteiger partial charge in [-0.2, -0.15) is 5.26 Å². The topological polar surface area (TPSA) is 50.1 Å². The normalized spacial score (nSPS) is 9.56. The number of aryl methyl sites for hydroxylation is 2.